The van der Waals surface area contributed by atoms with Crippen LogP contribution in [0.5, 0.6) is 0 Å². The van der Waals surface area contributed by atoms with Crippen LogP contribution in [0.15, 0.2) is 6.20 Å². The van der Waals surface area contributed by atoms with E-state index in [9.17, 15) is 4.79 Å². The molecule has 0 radical (unpaired) electrons. The minimum Gasteiger partial charge on any atom is -0.469 e. The molecule has 0 saturated heterocycles. The Morgan fingerprint density at radius 2 is 2.21 bits per heavy atom. The largest absolute Gasteiger partial charge is 0.469 e. The number of ether oxygens (including phenoxy) is 1. The van der Waals surface area contributed by atoms with Gasteiger partial charge in [-0.05, 0) is 0 Å². The summed E-state index contributed by atoms with van der Waals surface area (Å²) in [4.78, 5) is 18.3. The SMILES string of the molecule is COC(=O)Cc1cnc(C(C)(C)C)[nH]1. The summed E-state index contributed by atoms with van der Waals surface area (Å²) < 4.78 is 4.56. The molecule has 0 aliphatic heterocycles. The average Bonchev–Trinajstić information content (AvgIpc) is 2.51. The maximum absolute atomic E-state index is 11.0. The molecule has 0 aliphatic carbocycles. The van der Waals surface area contributed by atoms with Crippen molar-refractivity contribution in [1.29, 1.82) is 0 Å². The van der Waals surface area contributed by atoms with E-state index in [4.69, 9.17) is 0 Å². The van der Waals surface area contributed by atoms with Gasteiger partial charge in [0, 0.05) is 17.3 Å². The molecule has 4 nitrogen and oxygen atoms in total. The molecular formula is C10H16N2O2. The number of imidazole rings is 1. The van der Waals surface area contributed by atoms with Crippen molar-refractivity contribution in [2.45, 2.75) is 32.6 Å². The van der Waals surface area contributed by atoms with Gasteiger partial charge >= 0.3 is 5.97 Å². The fraction of sp³-hybridized carbons (Fsp3) is 0.600. The fourth-order valence-corrected chi connectivity index (χ4v) is 1.06. The van der Waals surface area contributed by atoms with E-state index in [0.29, 0.717) is 0 Å². The minimum atomic E-state index is -0.255. The van der Waals surface area contributed by atoms with Crippen molar-refractivity contribution in [2.24, 2.45) is 0 Å². The molecule has 0 atom stereocenters. The zero-order valence-corrected chi connectivity index (χ0v) is 9.05. The number of hydrogen-bond acceptors (Lipinski definition) is 3. The summed E-state index contributed by atoms with van der Waals surface area (Å²) >= 11 is 0. The number of carbonyl (C=O) groups excluding carboxylic acids is 1. The second-order valence-electron chi connectivity index (χ2n) is 4.26. The Labute approximate surface area is 83.7 Å². The van der Waals surface area contributed by atoms with Gasteiger partial charge in [0.15, 0.2) is 0 Å². The van der Waals surface area contributed by atoms with Crippen LogP contribution in [0, 0.1) is 0 Å². The summed E-state index contributed by atoms with van der Waals surface area (Å²) in [6.07, 6.45) is 1.93. The molecule has 0 amide bonds. The Balaban J connectivity index is 2.74. The van der Waals surface area contributed by atoms with E-state index in [-0.39, 0.29) is 17.8 Å². The molecule has 1 aromatic rings. The molecule has 0 spiro atoms. The van der Waals surface area contributed by atoms with Crippen LogP contribution in [0.2, 0.25) is 0 Å². The lowest BCUT2D eigenvalue weighted by Gasteiger charge is -2.14. The number of hydrogen-bond donors (Lipinski definition) is 1. The van der Waals surface area contributed by atoms with Gasteiger partial charge in [-0.3, -0.25) is 4.79 Å². The van der Waals surface area contributed by atoms with Gasteiger partial charge in [-0.15, -0.1) is 0 Å². The summed E-state index contributed by atoms with van der Waals surface area (Å²) in [5.41, 5.74) is 0.774. The highest BCUT2D eigenvalue weighted by molar-refractivity contribution is 5.71. The van der Waals surface area contributed by atoms with Gasteiger partial charge in [-0.25, -0.2) is 4.98 Å². The van der Waals surface area contributed by atoms with E-state index in [1.807, 2.05) is 0 Å². The molecule has 1 rings (SSSR count). The van der Waals surface area contributed by atoms with Crippen LogP contribution in [0.4, 0.5) is 0 Å². The summed E-state index contributed by atoms with van der Waals surface area (Å²) in [5, 5.41) is 0. The van der Waals surface area contributed by atoms with E-state index in [0.717, 1.165) is 11.5 Å². The van der Waals surface area contributed by atoms with Crippen LogP contribution in [-0.2, 0) is 21.4 Å². The minimum absolute atomic E-state index is 0.0195. The Kier molecular flexibility index (Phi) is 2.93. The van der Waals surface area contributed by atoms with E-state index in [1.165, 1.54) is 7.11 Å². The van der Waals surface area contributed by atoms with Crippen molar-refractivity contribution in [3.63, 3.8) is 0 Å². The van der Waals surface area contributed by atoms with Gasteiger partial charge in [0.1, 0.15) is 5.82 Å². The van der Waals surface area contributed by atoms with Crippen LogP contribution < -0.4 is 0 Å². The molecule has 0 aliphatic rings. The molecule has 0 unspecified atom stereocenters. The van der Waals surface area contributed by atoms with E-state index >= 15 is 0 Å². The normalized spacial score (nSPS) is 11.4. The molecule has 0 fully saturated rings. The quantitative estimate of drug-likeness (QED) is 0.728. The Morgan fingerprint density at radius 1 is 1.57 bits per heavy atom. The number of rotatable bonds is 2. The third kappa shape index (κ3) is 2.58. The Hall–Kier alpha value is -1.32. The van der Waals surface area contributed by atoms with Crippen molar-refractivity contribution in [3.8, 4) is 0 Å². The lowest BCUT2D eigenvalue weighted by molar-refractivity contribution is -0.139. The molecule has 0 saturated carbocycles. The third-order valence-corrected chi connectivity index (χ3v) is 1.90. The number of nitrogens with zero attached hydrogens (tertiary/aromatic N) is 1. The summed E-state index contributed by atoms with van der Waals surface area (Å²) in [6, 6.07) is 0. The number of carbonyl (C=O) groups is 1. The van der Waals surface area contributed by atoms with E-state index in [1.54, 1.807) is 6.20 Å². The van der Waals surface area contributed by atoms with Gasteiger partial charge < -0.3 is 9.72 Å². The highest BCUT2D eigenvalue weighted by atomic mass is 16.5. The first-order valence-electron chi connectivity index (χ1n) is 4.54. The highest BCUT2D eigenvalue weighted by Crippen LogP contribution is 2.18. The molecule has 1 N–H and O–H groups in total. The zero-order chi connectivity index (χ0) is 10.8. The van der Waals surface area contributed by atoms with Crippen LogP contribution in [0.25, 0.3) is 0 Å². The van der Waals surface area contributed by atoms with Gasteiger partial charge in [-0.2, -0.15) is 0 Å². The molecule has 14 heavy (non-hydrogen) atoms. The Morgan fingerprint density at radius 3 is 2.64 bits per heavy atom. The second kappa shape index (κ2) is 3.82. The zero-order valence-electron chi connectivity index (χ0n) is 9.05. The number of aromatic amines is 1. The standard InChI is InChI=1S/C10H16N2O2/c1-10(2,3)9-11-6-7(12-9)5-8(13)14-4/h6H,5H2,1-4H3,(H,11,12). The third-order valence-electron chi connectivity index (χ3n) is 1.90. The van der Waals surface area contributed by atoms with Gasteiger partial charge in [0.05, 0.1) is 13.5 Å². The van der Waals surface area contributed by atoms with Crippen LogP contribution in [-0.4, -0.2) is 23.0 Å². The summed E-state index contributed by atoms with van der Waals surface area (Å²) in [6.45, 7) is 6.19. The maximum atomic E-state index is 11.0. The first kappa shape index (κ1) is 10.8. The Bertz CT molecular complexity index is 323. The fourth-order valence-electron chi connectivity index (χ4n) is 1.06. The summed E-state index contributed by atoms with van der Waals surface area (Å²) in [5.74, 6) is 0.630. The van der Waals surface area contributed by atoms with Crippen LogP contribution in [0.1, 0.15) is 32.3 Å². The monoisotopic (exact) mass is 196 g/mol. The second-order valence-corrected chi connectivity index (χ2v) is 4.26. The summed E-state index contributed by atoms with van der Waals surface area (Å²) in [7, 11) is 1.38. The predicted octanol–water partition coefficient (Wildman–Crippen LogP) is 1.42. The van der Waals surface area contributed by atoms with Gasteiger partial charge in [0.2, 0.25) is 0 Å². The lowest BCUT2D eigenvalue weighted by Crippen LogP contribution is -2.13. The first-order valence-corrected chi connectivity index (χ1v) is 4.54. The highest BCUT2D eigenvalue weighted by Gasteiger charge is 2.18. The average molecular weight is 196 g/mol. The molecule has 78 valence electrons. The first-order chi connectivity index (χ1) is 6.43. The maximum Gasteiger partial charge on any atom is 0.311 e. The van der Waals surface area contributed by atoms with E-state index in [2.05, 4.69) is 35.5 Å². The van der Waals surface area contributed by atoms with Crippen molar-refractivity contribution in [1.82, 2.24) is 9.97 Å². The number of nitrogens with one attached hydrogen (secondary N) is 1. The smallest absolute Gasteiger partial charge is 0.311 e. The lowest BCUT2D eigenvalue weighted by atomic mass is 9.96. The molecule has 0 aromatic carbocycles. The topological polar surface area (TPSA) is 55.0 Å². The molecular weight excluding hydrogens is 180 g/mol. The van der Waals surface area contributed by atoms with Gasteiger partial charge in [-0.1, -0.05) is 20.8 Å². The van der Waals surface area contributed by atoms with Crippen molar-refractivity contribution in [3.05, 3.63) is 17.7 Å². The van der Waals surface area contributed by atoms with Crippen LogP contribution in [0.3, 0.4) is 0 Å². The molecule has 1 aromatic heterocycles. The molecule has 1 heterocycles. The molecule has 4 heteroatoms. The van der Waals surface area contributed by atoms with Crippen molar-refractivity contribution in [2.75, 3.05) is 7.11 Å². The van der Waals surface area contributed by atoms with Crippen LogP contribution >= 0.6 is 0 Å². The number of aromatic nitrogens is 2. The van der Waals surface area contributed by atoms with Crippen molar-refractivity contribution < 1.29 is 9.53 Å². The molecule has 0 bridgehead atoms. The van der Waals surface area contributed by atoms with Gasteiger partial charge in [0.25, 0.3) is 0 Å². The number of esters is 1. The number of H-pyrrole nitrogens is 1. The van der Waals surface area contributed by atoms with Crippen molar-refractivity contribution >= 4 is 5.97 Å². The van der Waals surface area contributed by atoms with E-state index < -0.39 is 0 Å². The number of methoxy groups -OCH3 is 1. The predicted molar refractivity (Wildman–Crippen MR) is 53.0 cm³/mol.